The number of rotatable bonds is 36. The SMILES string of the molecule is CC(C)CCNCc1csc(NC(=O)c2cc(OCc3ccccc3F)cc(OC(C)C)c2)n1.COCC(C)NCc1csc(NC(=O)c2cc(OCc3ccccc3F)cc(OC(C)C)c2)n1.COCCNCc1csc(NC(=O)c2cc(OCc3ccccc3F)cc(OC(C)C)c2)n1. The number of benzene rings is 6. The Bertz CT molecular complexity index is 4040. The van der Waals surface area contributed by atoms with Crippen LogP contribution in [-0.4, -0.2) is 97.6 Å². The highest BCUT2D eigenvalue weighted by atomic mass is 32.1. The van der Waals surface area contributed by atoms with Gasteiger partial charge in [0.25, 0.3) is 17.7 Å². The topological polar surface area (TPSA) is 236 Å². The number of anilines is 3. The molecule has 9 aromatic rings. The Labute approximate surface area is 601 Å². The number of hydrogen-bond donors (Lipinski definition) is 6. The number of hydrogen-bond acceptors (Lipinski definition) is 20. The summed E-state index contributed by atoms with van der Waals surface area (Å²) in [7, 11) is 3.31. The number of nitrogens with one attached hydrogen (secondary N) is 6. The van der Waals surface area contributed by atoms with Crippen molar-refractivity contribution >= 4 is 67.1 Å². The van der Waals surface area contributed by atoms with Gasteiger partial charge in [-0.05, 0) is 122 Å². The van der Waals surface area contributed by atoms with Crippen molar-refractivity contribution in [2.45, 2.75) is 133 Å². The molecule has 3 amide bonds. The van der Waals surface area contributed by atoms with Gasteiger partial charge in [-0.2, -0.15) is 0 Å². The number of thiazole rings is 3. The van der Waals surface area contributed by atoms with Gasteiger partial charge in [0.1, 0.15) is 71.8 Å². The number of ether oxygens (including phenoxy) is 8. The third kappa shape index (κ3) is 28.5. The smallest absolute Gasteiger partial charge is 0.257 e. The van der Waals surface area contributed by atoms with E-state index in [1.165, 1.54) is 52.2 Å². The number of methoxy groups -OCH3 is 2. The number of amides is 3. The first-order valence-corrected chi connectivity index (χ1v) is 35.7. The summed E-state index contributed by atoms with van der Waals surface area (Å²) >= 11 is 4.07. The third-order valence-electron chi connectivity index (χ3n) is 14.0. The Morgan fingerprint density at radius 3 is 1.10 bits per heavy atom. The molecule has 6 N–H and O–H groups in total. The zero-order chi connectivity index (χ0) is 72.6. The lowest BCUT2D eigenvalue weighted by molar-refractivity contribution is 0.101. The molecule has 3 heterocycles. The molecule has 20 nitrogen and oxygen atoms in total. The Hall–Kier alpha value is -8.99. The molecule has 1 unspecified atom stereocenters. The summed E-state index contributed by atoms with van der Waals surface area (Å²) in [4.78, 5) is 52.2. The molecule has 0 saturated carbocycles. The molecule has 0 aliphatic carbocycles. The maximum Gasteiger partial charge on any atom is 0.257 e. The van der Waals surface area contributed by atoms with E-state index in [-0.39, 0.29) is 79.3 Å². The average molecular weight is 1450 g/mol. The van der Waals surface area contributed by atoms with Gasteiger partial charge >= 0.3 is 0 Å². The lowest BCUT2D eigenvalue weighted by Crippen LogP contribution is -2.29. The number of aromatic nitrogens is 3. The van der Waals surface area contributed by atoms with Crippen LogP contribution in [0.1, 0.15) is 134 Å². The molecule has 1 atom stereocenters. The molecule has 0 bridgehead atoms. The fourth-order valence-corrected chi connectivity index (χ4v) is 11.3. The number of nitrogens with zero attached hydrogens (tertiary/aromatic N) is 3. The van der Waals surface area contributed by atoms with Gasteiger partial charge in [0.2, 0.25) is 0 Å². The van der Waals surface area contributed by atoms with Crippen LogP contribution in [-0.2, 0) is 48.9 Å². The van der Waals surface area contributed by atoms with Gasteiger partial charge in [-0.3, -0.25) is 30.3 Å². The van der Waals surface area contributed by atoms with Crippen LogP contribution in [0.5, 0.6) is 34.5 Å². The van der Waals surface area contributed by atoms with Gasteiger partial charge in [0.15, 0.2) is 15.4 Å². The molecule has 0 fully saturated rings. The Morgan fingerprint density at radius 2 is 0.772 bits per heavy atom. The third-order valence-corrected chi connectivity index (χ3v) is 16.4. The normalized spacial score (nSPS) is 11.3. The highest BCUT2D eigenvalue weighted by Gasteiger charge is 2.19. The zero-order valence-corrected chi connectivity index (χ0v) is 61.2. The van der Waals surface area contributed by atoms with Gasteiger partial charge in [-0.1, -0.05) is 68.4 Å². The second-order valence-corrected chi connectivity index (χ2v) is 26.9. The van der Waals surface area contributed by atoms with Crippen LogP contribution in [0.3, 0.4) is 0 Å². The van der Waals surface area contributed by atoms with Gasteiger partial charge in [-0.15, -0.1) is 34.0 Å². The van der Waals surface area contributed by atoms with Crippen LogP contribution in [0, 0.1) is 23.4 Å². The van der Waals surface area contributed by atoms with Crippen molar-refractivity contribution in [1.82, 2.24) is 30.9 Å². The fourth-order valence-electron chi connectivity index (χ4n) is 9.14. The van der Waals surface area contributed by atoms with E-state index in [9.17, 15) is 27.6 Å². The van der Waals surface area contributed by atoms with E-state index in [4.69, 9.17) is 37.9 Å². The van der Waals surface area contributed by atoms with Gasteiger partial charge in [-0.25, -0.2) is 28.1 Å². The molecule has 540 valence electrons. The fraction of sp³-hybridized carbons (Fsp3) is 0.360. The monoisotopic (exact) mass is 1450 g/mol. The first kappa shape index (κ1) is 79.3. The van der Waals surface area contributed by atoms with E-state index < -0.39 is 0 Å². The predicted octanol–water partition coefficient (Wildman–Crippen LogP) is 15.7. The minimum Gasteiger partial charge on any atom is -0.491 e. The highest BCUT2D eigenvalue weighted by Crippen LogP contribution is 2.31. The van der Waals surface area contributed by atoms with Crippen LogP contribution in [0.25, 0.3) is 0 Å². The number of halogens is 3. The quantitative estimate of drug-likeness (QED) is 0.0200. The Balaban J connectivity index is 0.000000213. The molecule has 0 radical (unpaired) electrons. The van der Waals surface area contributed by atoms with Crippen molar-refractivity contribution in [2.24, 2.45) is 5.92 Å². The van der Waals surface area contributed by atoms with E-state index in [0.717, 1.165) is 30.0 Å². The molecule has 0 saturated heterocycles. The first-order valence-electron chi connectivity index (χ1n) is 33.0. The lowest BCUT2D eigenvalue weighted by Gasteiger charge is -2.14. The largest absolute Gasteiger partial charge is 0.491 e. The summed E-state index contributed by atoms with van der Waals surface area (Å²) in [6.07, 6.45) is 0.841. The molecule has 0 aliphatic rings. The van der Waals surface area contributed by atoms with Crippen molar-refractivity contribution < 1.29 is 65.4 Å². The van der Waals surface area contributed by atoms with Gasteiger partial charge in [0.05, 0.1) is 48.6 Å². The predicted molar refractivity (Wildman–Crippen MR) is 392 cm³/mol. The van der Waals surface area contributed by atoms with Crippen LogP contribution >= 0.6 is 34.0 Å². The minimum absolute atomic E-state index is 0.0310. The maximum absolute atomic E-state index is 13.9. The van der Waals surface area contributed by atoms with E-state index in [2.05, 4.69) is 60.7 Å². The highest BCUT2D eigenvalue weighted by molar-refractivity contribution is 7.14. The standard InChI is InChI=1S/C26H32FN3O3S.C25H30FN3O4S.C24H28FN3O4S/c1-17(2)9-10-28-14-21-16-34-26(29-21)30-25(31)20-11-22(13-23(12-20)33-18(3)4)32-15-19-7-5-6-8-24(19)27;1-16(2)33-22-10-19(9-21(11-22)32-14-18-7-5-6-8-23(18)26)24(30)29-25-28-20(15-34-25)12-27-17(3)13-31-4;1-16(2)32-21-11-18(10-20(12-21)31-14-17-6-4-5-7-22(17)25)23(29)28-24-27-19(15-33-24)13-26-8-9-30-3/h5-8,11-13,16-18,28H,9-10,14-15H2,1-4H3,(H,29,30,31);5-11,15-17,27H,12-14H2,1-4H3,(H,28,29,30);4-7,10-12,15-16,26H,8-9,13-14H2,1-3H3,(H,27,28,29). The number of carbonyl (C=O) groups is 3. The van der Waals surface area contributed by atoms with Crippen molar-refractivity contribution in [3.63, 3.8) is 0 Å². The maximum atomic E-state index is 13.9. The first-order chi connectivity index (χ1) is 48.6. The molecular formula is C75H90F3N9O11S3. The minimum atomic E-state index is -0.347. The van der Waals surface area contributed by atoms with Crippen LogP contribution in [0.2, 0.25) is 0 Å². The number of carbonyl (C=O) groups excluding carboxylic acids is 3. The van der Waals surface area contributed by atoms with Crippen molar-refractivity contribution in [3.8, 4) is 34.5 Å². The summed E-state index contributed by atoms with van der Waals surface area (Å²) in [5.74, 6) is 1.32. The summed E-state index contributed by atoms with van der Waals surface area (Å²) in [5.41, 5.74) is 4.90. The summed E-state index contributed by atoms with van der Waals surface area (Å²) in [6.45, 7) is 22.6. The van der Waals surface area contributed by atoms with Crippen molar-refractivity contribution in [3.05, 3.63) is 211 Å². The van der Waals surface area contributed by atoms with Crippen LogP contribution < -0.4 is 60.3 Å². The molecular weight excluding hydrogens is 1360 g/mol. The lowest BCUT2D eigenvalue weighted by atomic mass is 10.1. The molecule has 0 spiro atoms. The van der Waals surface area contributed by atoms with Crippen molar-refractivity contribution in [1.29, 1.82) is 0 Å². The van der Waals surface area contributed by atoms with E-state index >= 15 is 0 Å². The van der Waals surface area contributed by atoms with E-state index in [1.807, 2.05) is 64.6 Å². The molecule has 6 aromatic carbocycles. The van der Waals surface area contributed by atoms with Crippen LogP contribution in [0.4, 0.5) is 28.6 Å². The van der Waals surface area contributed by atoms with E-state index in [1.54, 1.807) is 123 Å². The van der Waals surface area contributed by atoms with Crippen LogP contribution in [0.15, 0.2) is 144 Å². The molecule has 26 heteroatoms. The second kappa shape index (κ2) is 41.7. The molecule has 0 aliphatic heterocycles. The molecule has 101 heavy (non-hydrogen) atoms. The molecule has 3 aromatic heterocycles. The summed E-state index contributed by atoms with van der Waals surface area (Å²) in [6, 6.07) is 34.3. The van der Waals surface area contributed by atoms with E-state index in [0.29, 0.717) is 129 Å². The summed E-state index contributed by atoms with van der Waals surface area (Å²) < 4.78 is 86.6. The van der Waals surface area contributed by atoms with Gasteiger partial charge in [0, 0.05) is 114 Å². The summed E-state index contributed by atoms with van der Waals surface area (Å²) in [5, 5.41) is 25.6. The molecule has 9 rings (SSSR count). The Kier molecular flexibility index (Phi) is 32.7. The Morgan fingerprint density at radius 1 is 0.436 bits per heavy atom. The van der Waals surface area contributed by atoms with Crippen molar-refractivity contribution in [2.75, 3.05) is 56.5 Å². The zero-order valence-electron chi connectivity index (χ0n) is 58.7. The second-order valence-electron chi connectivity index (χ2n) is 24.3. The average Bonchev–Trinajstić information content (AvgIpc) is 1.71. The van der Waals surface area contributed by atoms with Gasteiger partial charge < -0.3 is 53.8 Å².